The van der Waals surface area contributed by atoms with E-state index in [0.717, 1.165) is 76.1 Å². The van der Waals surface area contributed by atoms with Gasteiger partial charge in [-0.1, -0.05) is 12.8 Å². The van der Waals surface area contributed by atoms with Crippen molar-refractivity contribution in [3.05, 3.63) is 6.07 Å². The van der Waals surface area contributed by atoms with Crippen LogP contribution in [0.4, 0.5) is 17.6 Å². The number of piperazine rings is 1. The Kier molecular flexibility index (Phi) is 4.92. The van der Waals surface area contributed by atoms with Crippen LogP contribution in [0.15, 0.2) is 6.07 Å². The Hall–Kier alpha value is -1.60. The average Bonchev–Trinajstić information content (AvgIpc) is 3.46. The average molecular weight is 361 g/mol. The first-order valence-corrected chi connectivity index (χ1v) is 10.0. The maximum absolute atomic E-state index is 10.1. The summed E-state index contributed by atoms with van der Waals surface area (Å²) >= 11 is 0. The molecule has 3 aliphatic rings. The maximum atomic E-state index is 10.1. The van der Waals surface area contributed by atoms with Gasteiger partial charge in [-0.05, 0) is 32.2 Å². The van der Waals surface area contributed by atoms with E-state index >= 15 is 0 Å². The molecule has 0 aromatic carbocycles. The zero-order chi connectivity index (χ0) is 18.1. The van der Waals surface area contributed by atoms with E-state index in [1.54, 1.807) is 0 Å². The van der Waals surface area contributed by atoms with Gasteiger partial charge in [0, 0.05) is 50.7 Å². The molecule has 144 valence electrons. The molecular formula is C19H32N6O. The quantitative estimate of drug-likeness (QED) is 0.816. The van der Waals surface area contributed by atoms with Crippen molar-refractivity contribution in [1.82, 2.24) is 14.9 Å². The predicted molar refractivity (Wildman–Crippen MR) is 104 cm³/mol. The summed E-state index contributed by atoms with van der Waals surface area (Å²) in [7, 11) is 2.15. The molecule has 7 nitrogen and oxygen atoms in total. The van der Waals surface area contributed by atoms with E-state index in [9.17, 15) is 5.11 Å². The van der Waals surface area contributed by atoms with Gasteiger partial charge in [-0.25, -0.2) is 0 Å². The van der Waals surface area contributed by atoms with Crippen LogP contribution >= 0.6 is 0 Å². The number of aliphatic hydroxyl groups is 1. The first-order valence-electron chi connectivity index (χ1n) is 10.0. The summed E-state index contributed by atoms with van der Waals surface area (Å²) in [6.07, 6.45) is 6.01. The van der Waals surface area contributed by atoms with Gasteiger partial charge in [0.25, 0.3) is 0 Å². The molecule has 1 aromatic heterocycles. The van der Waals surface area contributed by atoms with Crippen LogP contribution in [-0.2, 0) is 0 Å². The highest BCUT2D eigenvalue weighted by Crippen LogP contribution is 2.45. The second-order valence-corrected chi connectivity index (χ2v) is 8.56. The zero-order valence-electron chi connectivity index (χ0n) is 15.9. The number of likely N-dealkylation sites (N-methyl/N-ethyl adjacent to an activating group) is 1. The molecule has 0 spiro atoms. The number of piperidine rings is 1. The van der Waals surface area contributed by atoms with Crippen LogP contribution in [0, 0.1) is 11.3 Å². The number of nitrogen functional groups attached to an aromatic ring is 1. The topological polar surface area (TPSA) is 81.8 Å². The highest BCUT2D eigenvalue weighted by atomic mass is 16.3. The van der Waals surface area contributed by atoms with Crippen LogP contribution in [0.5, 0.6) is 0 Å². The second kappa shape index (κ2) is 7.19. The Labute approximate surface area is 156 Å². The lowest BCUT2D eigenvalue weighted by atomic mass is 9.76. The summed E-state index contributed by atoms with van der Waals surface area (Å²) in [5.41, 5.74) is 6.08. The Morgan fingerprint density at radius 1 is 1.12 bits per heavy atom. The molecule has 1 saturated carbocycles. The standard InChI is InChI=1S/C19H32N6O/c1-23-7-9-24(10-8-23)16-11-17(22-18(20)21-16)25-6-2-5-19(13-25,14-26)12-15-3-4-15/h11,15,26H,2-10,12-14H2,1H3,(H2,20,21,22)/t19-/m1/s1. The van der Waals surface area contributed by atoms with Crippen LogP contribution < -0.4 is 15.5 Å². The summed E-state index contributed by atoms with van der Waals surface area (Å²) in [6, 6.07) is 2.09. The van der Waals surface area contributed by atoms with Gasteiger partial charge in [0.05, 0.1) is 6.61 Å². The molecule has 3 heterocycles. The Balaban J connectivity index is 1.52. The fourth-order valence-corrected chi connectivity index (χ4v) is 4.50. The van der Waals surface area contributed by atoms with Crippen molar-refractivity contribution in [3.8, 4) is 0 Å². The van der Waals surface area contributed by atoms with E-state index in [-0.39, 0.29) is 12.0 Å². The molecule has 1 aromatic rings. The minimum atomic E-state index is 0.0210. The van der Waals surface area contributed by atoms with Crippen molar-refractivity contribution in [1.29, 1.82) is 0 Å². The predicted octanol–water partition coefficient (Wildman–Crippen LogP) is 1.19. The lowest BCUT2D eigenvalue weighted by Crippen LogP contribution is -2.47. The van der Waals surface area contributed by atoms with E-state index in [4.69, 9.17) is 5.73 Å². The molecule has 0 bridgehead atoms. The Bertz CT molecular complexity index is 628. The van der Waals surface area contributed by atoms with Gasteiger partial charge in [0.1, 0.15) is 11.6 Å². The van der Waals surface area contributed by atoms with Crippen LogP contribution in [-0.4, -0.2) is 72.9 Å². The fourth-order valence-electron chi connectivity index (χ4n) is 4.50. The minimum Gasteiger partial charge on any atom is -0.396 e. The zero-order valence-corrected chi connectivity index (χ0v) is 15.9. The number of hydrogen-bond donors (Lipinski definition) is 2. The first kappa shape index (κ1) is 17.8. The molecule has 4 rings (SSSR count). The smallest absolute Gasteiger partial charge is 0.223 e. The van der Waals surface area contributed by atoms with Gasteiger partial charge < -0.3 is 25.5 Å². The number of rotatable bonds is 5. The molecule has 0 amide bonds. The molecule has 2 aliphatic heterocycles. The van der Waals surface area contributed by atoms with Crippen molar-refractivity contribution in [2.75, 3.05) is 68.5 Å². The number of aliphatic hydroxyl groups excluding tert-OH is 1. The van der Waals surface area contributed by atoms with E-state index < -0.39 is 0 Å². The largest absolute Gasteiger partial charge is 0.396 e. The molecule has 3 fully saturated rings. The third kappa shape index (κ3) is 3.88. The molecule has 7 heteroatoms. The lowest BCUT2D eigenvalue weighted by Gasteiger charge is -2.43. The number of hydrogen-bond acceptors (Lipinski definition) is 7. The van der Waals surface area contributed by atoms with Gasteiger partial charge >= 0.3 is 0 Å². The van der Waals surface area contributed by atoms with E-state index in [1.807, 2.05) is 0 Å². The normalized spacial score (nSPS) is 27.8. The fraction of sp³-hybridized carbons (Fsp3) is 0.789. The molecule has 3 N–H and O–H groups in total. The summed E-state index contributed by atoms with van der Waals surface area (Å²) in [5, 5.41) is 10.1. The molecule has 1 atom stereocenters. The van der Waals surface area contributed by atoms with E-state index in [1.165, 1.54) is 12.8 Å². The van der Waals surface area contributed by atoms with Gasteiger partial charge in [-0.2, -0.15) is 9.97 Å². The van der Waals surface area contributed by atoms with Crippen molar-refractivity contribution in [2.24, 2.45) is 11.3 Å². The van der Waals surface area contributed by atoms with Gasteiger partial charge in [-0.3, -0.25) is 0 Å². The molecule has 0 unspecified atom stereocenters. The monoisotopic (exact) mass is 360 g/mol. The maximum Gasteiger partial charge on any atom is 0.223 e. The second-order valence-electron chi connectivity index (χ2n) is 8.56. The van der Waals surface area contributed by atoms with Crippen molar-refractivity contribution < 1.29 is 5.11 Å². The van der Waals surface area contributed by atoms with Crippen molar-refractivity contribution >= 4 is 17.6 Å². The summed E-state index contributed by atoms with van der Waals surface area (Å²) < 4.78 is 0. The van der Waals surface area contributed by atoms with Crippen LogP contribution in [0.2, 0.25) is 0 Å². The van der Waals surface area contributed by atoms with Gasteiger partial charge in [0.15, 0.2) is 0 Å². The molecule has 1 aliphatic carbocycles. The van der Waals surface area contributed by atoms with Crippen LogP contribution in [0.1, 0.15) is 32.1 Å². The SMILES string of the molecule is CN1CCN(c2cc(N3CCC[C@@](CO)(CC4CC4)C3)nc(N)n2)CC1. The third-order valence-corrected chi connectivity index (χ3v) is 6.28. The van der Waals surface area contributed by atoms with Crippen molar-refractivity contribution in [2.45, 2.75) is 32.1 Å². The van der Waals surface area contributed by atoms with E-state index in [0.29, 0.717) is 5.95 Å². The van der Waals surface area contributed by atoms with E-state index in [2.05, 4.69) is 37.8 Å². The third-order valence-electron chi connectivity index (χ3n) is 6.28. The molecular weight excluding hydrogens is 328 g/mol. The highest BCUT2D eigenvalue weighted by molar-refractivity contribution is 5.54. The molecule has 2 saturated heterocycles. The molecule has 0 radical (unpaired) electrons. The van der Waals surface area contributed by atoms with Gasteiger partial charge in [-0.15, -0.1) is 0 Å². The summed E-state index contributed by atoms with van der Waals surface area (Å²) in [6.45, 7) is 6.13. The highest BCUT2D eigenvalue weighted by Gasteiger charge is 2.40. The van der Waals surface area contributed by atoms with Crippen LogP contribution in [0.3, 0.4) is 0 Å². The summed E-state index contributed by atoms with van der Waals surface area (Å²) in [5.74, 6) is 3.01. The number of aromatic nitrogens is 2. The number of nitrogens with zero attached hydrogens (tertiary/aromatic N) is 5. The summed E-state index contributed by atoms with van der Waals surface area (Å²) in [4.78, 5) is 16.0. The Morgan fingerprint density at radius 2 is 1.81 bits per heavy atom. The van der Waals surface area contributed by atoms with Gasteiger partial charge in [0.2, 0.25) is 5.95 Å². The Morgan fingerprint density at radius 3 is 2.46 bits per heavy atom. The van der Waals surface area contributed by atoms with Crippen LogP contribution in [0.25, 0.3) is 0 Å². The number of nitrogens with two attached hydrogens (primary N) is 1. The number of anilines is 3. The first-order chi connectivity index (χ1) is 12.6. The minimum absolute atomic E-state index is 0.0210. The lowest BCUT2D eigenvalue weighted by molar-refractivity contribution is 0.0901. The van der Waals surface area contributed by atoms with Crippen molar-refractivity contribution in [3.63, 3.8) is 0 Å². The molecule has 26 heavy (non-hydrogen) atoms.